The summed E-state index contributed by atoms with van der Waals surface area (Å²) in [6.07, 6.45) is 4.62. The Morgan fingerprint density at radius 3 is 2.71 bits per heavy atom. The highest BCUT2D eigenvalue weighted by atomic mass is 16.5. The molecule has 0 saturated heterocycles. The summed E-state index contributed by atoms with van der Waals surface area (Å²) < 4.78 is 11.4. The average molecular weight is 286 g/mol. The first-order valence-corrected chi connectivity index (χ1v) is 7.67. The van der Waals surface area contributed by atoms with Crippen LogP contribution >= 0.6 is 0 Å². The molecular formula is C18H22O3. The first kappa shape index (κ1) is 14.3. The summed E-state index contributed by atoms with van der Waals surface area (Å²) in [5.41, 5.74) is 1.17. The topological polar surface area (TPSA) is 39.4 Å². The van der Waals surface area contributed by atoms with Gasteiger partial charge in [-0.25, -0.2) is 0 Å². The van der Waals surface area contributed by atoms with Crippen LogP contribution in [0.15, 0.2) is 34.7 Å². The normalized spacial score (nSPS) is 19.0. The lowest BCUT2D eigenvalue weighted by Gasteiger charge is -2.33. The summed E-state index contributed by atoms with van der Waals surface area (Å²) in [5.74, 6) is 0.323. The minimum absolute atomic E-state index is 0.0731. The number of carbonyl (C=O) groups is 1. The Kier molecular flexibility index (Phi) is 3.85. The molecule has 1 aromatic carbocycles. The molecule has 0 amide bonds. The van der Waals surface area contributed by atoms with Crippen LogP contribution in [-0.2, 0) is 4.74 Å². The van der Waals surface area contributed by atoms with Gasteiger partial charge in [-0.1, -0.05) is 32.0 Å². The molecule has 1 aliphatic rings. The quantitative estimate of drug-likeness (QED) is 0.771. The summed E-state index contributed by atoms with van der Waals surface area (Å²) >= 11 is 0. The zero-order valence-corrected chi connectivity index (χ0v) is 12.7. The number of benzene rings is 1. The molecule has 3 heteroatoms. The van der Waals surface area contributed by atoms with Crippen molar-refractivity contribution in [3.8, 4) is 0 Å². The Morgan fingerprint density at radius 2 is 2.00 bits per heavy atom. The van der Waals surface area contributed by atoms with Crippen LogP contribution in [0.2, 0.25) is 0 Å². The molecule has 1 saturated carbocycles. The Bertz CT molecular complexity index is 596. The third kappa shape index (κ3) is 3.35. The van der Waals surface area contributed by atoms with Crippen molar-refractivity contribution in [3.05, 3.63) is 36.1 Å². The largest absolute Gasteiger partial charge is 0.453 e. The summed E-state index contributed by atoms with van der Waals surface area (Å²) in [4.78, 5) is 12.2. The second-order valence-corrected chi connectivity index (χ2v) is 6.75. The SMILES string of the molecule is CC1(C)CCC(OCC(=O)c2cc3ccccc3o2)CC1. The molecule has 0 atom stereocenters. The van der Waals surface area contributed by atoms with Crippen LogP contribution in [0.1, 0.15) is 50.1 Å². The van der Waals surface area contributed by atoms with Crippen LogP contribution in [0, 0.1) is 5.41 Å². The van der Waals surface area contributed by atoms with E-state index in [4.69, 9.17) is 9.15 Å². The summed E-state index contributed by atoms with van der Waals surface area (Å²) in [6, 6.07) is 9.45. The third-order valence-corrected chi connectivity index (χ3v) is 4.44. The summed E-state index contributed by atoms with van der Waals surface area (Å²) in [7, 11) is 0. The highest BCUT2D eigenvalue weighted by Gasteiger charge is 2.27. The second kappa shape index (κ2) is 5.64. The summed E-state index contributed by atoms with van der Waals surface area (Å²) in [6.45, 7) is 4.70. The Morgan fingerprint density at radius 1 is 1.29 bits per heavy atom. The Labute approximate surface area is 125 Å². The van der Waals surface area contributed by atoms with Gasteiger partial charge in [-0.15, -0.1) is 0 Å². The molecule has 21 heavy (non-hydrogen) atoms. The number of fused-ring (bicyclic) bond motifs is 1. The molecule has 3 nitrogen and oxygen atoms in total. The van der Waals surface area contributed by atoms with Gasteiger partial charge in [-0.2, -0.15) is 0 Å². The number of rotatable bonds is 4. The fraction of sp³-hybridized carbons (Fsp3) is 0.500. The predicted molar refractivity (Wildman–Crippen MR) is 82.5 cm³/mol. The van der Waals surface area contributed by atoms with Gasteiger partial charge in [0.1, 0.15) is 12.2 Å². The molecule has 2 aromatic rings. The van der Waals surface area contributed by atoms with E-state index in [2.05, 4.69) is 13.8 Å². The molecule has 1 heterocycles. The summed E-state index contributed by atoms with van der Waals surface area (Å²) in [5, 5.41) is 0.959. The standard InChI is InChI=1S/C18H22O3/c1-18(2)9-7-14(8-10-18)20-12-15(19)17-11-13-5-3-4-6-16(13)21-17/h3-6,11,14H,7-10,12H2,1-2H3. The Hall–Kier alpha value is -1.61. The van der Waals surface area contributed by atoms with E-state index in [0.717, 1.165) is 36.7 Å². The molecule has 0 bridgehead atoms. The van der Waals surface area contributed by atoms with E-state index in [1.54, 1.807) is 6.07 Å². The van der Waals surface area contributed by atoms with E-state index >= 15 is 0 Å². The minimum atomic E-state index is -0.0731. The average Bonchev–Trinajstić information content (AvgIpc) is 2.90. The monoisotopic (exact) mass is 286 g/mol. The van der Waals surface area contributed by atoms with Crippen molar-refractivity contribution in [2.45, 2.75) is 45.6 Å². The third-order valence-electron chi connectivity index (χ3n) is 4.44. The highest BCUT2D eigenvalue weighted by Crippen LogP contribution is 2.36. The number of Topliss-reactive ketones (excluding diaryl/α,β-unsaturated/α-hetero) is 1. The fourth-order valence-corrected chi connectivity index (χ4v) is 2.92. The lowest BCUT2D eigenvalue weighted by atomic mass is 9.76. The molecule has 0 N–H and O–H groups in total. The van der Waals surface area contributed by atoms with Crippen molar-refractivity contribution >= 4 is 16.8 Å². The number of ketones is 1. The number of para-hydroxylation sites is 1. The van der Waals surface area contributed by atoms with Gasteiger partial charge < -0.3 is 9.15 Å². The predicted octanol–water partition coefficient (Wildman–Crippen LogP) is 4.60. The maximum absolute atomic E-state index is 12.2. The van der Waals surface area contributed by atoms with Crippen LogP contribution in [0.5, 0.6) is 0 Å². The van der Waals surface area contributed by atoms with Crippen molar-refractivity contribution in [2.24, 2.45) is 5.41 Å². The second-order valence-electron chi connectivity index (χ2n) is 6.75. The van der Waals surface area contributed by atoms with E-state index in [0.29, 0.717) is 11.2 Å². The van der Waals surface area contributed by atoms with Crippen molar-refractivity contribution < 1.29 is 13.9 Å². The van der Waals surface area contributed by atoms with Crippen molar-refractivity contribution in [2.75, 3.05) is 6.61 Å². The van der Waals surface area contributed by atoms with Crippen LogP contribution < -0.4 is 0 Å². The number of carbonyl (C=O) groups excluding carboxylic acids is 1. The van der Waals surface area contributed by atoms with Gasteiger partial charge in [0.15, 0.2) is 5.76 Å². The number of hydrogen-bond donors (Lipinski definition) is 0. The van der Waals surface area contributed by atoms with Crippen molar-refractivity contribution in [3.63, 3.8) is 0 Å². The smallest absolute Gasteiger partial charge is 0.223 e. The van der Waals surface area contributed by atoms with Gasteiger partial charge in [0.05, 0.1) is 6.10 Å². The molecule has 1 aliphatic carbocycles. The molecule has 112 valence electrons. The van der Waals surface area contributed by atoms with Crippen LogP contribution in [0.3, 0.4) is 0 Å². The number of hydrogen-bond acceptors (Lipinski definition) is 3. The maximum atomic E-state index is 12.2. The van der Waals surface area contributed by atoms with Crippen LogP contribution in [0.4, 0.5) is 0 Å². The van der Waals surface area contributed by atoms with E-state index < -0.39 is 0 Å². The molecule has 0 aliphatic heterocycles. The van der Waals surface area contributed by atoms with E-state index in [1.165, 1.54) is 0 Å². The fourth-order valence-electron chi connectivity index (χ4n) is 2.92. The van der Waals surface area contributed by atoms with E-state index in [1.807, 2.05) is 24.3 Å². The first-order chi connectivity index (χ1) is 10.0. The van der Waals surface area contributed by atoms with Crippen molar-refractivity contribution in [1.29, 1.82) is 0 Å². The van der Waals surface area contributed by atoms with Gasteiger partial charge in [0.2, 0.25) is 5.78 Å². The number of furan rings is 1. The maximum Gasteiger partial charge on any atom is 0.223 e. The molecule has 1 fully saturated rings. The minimum Gasteiger partial charge on any atom is -0.453 e. The van der Waals surface area contributed by atoms with E-state index in [-0.39, 0.29) is 18.5 Å². The molecule has 0 spiro atoms. The van der Waals surface area contributed by atoms with Gasteiger partial charge >= 0.3 is 0 Å². The Balaban J connectivity index is 1.57. The lowest BCUT2D eigenvalue weighted by molar-refractivity contribution is 0.00777. The zero-order valence-electron chi connectivity index (χ0n) is 12.7. The molecule has 0 unspecified atom stereocenters. The lowest BCUT2D eigenvalue weighted by Crippen LogP contribution is -2.28. The molecule has 0 radical (unpaired) electrons. The van der Waals surface area contributed by atoms with Gasteiger partial charge in [-0.3, -0.25) is 4.79 Å². The number of ether oxygens (including phenoxy) is 1. The van der Waals surface area contributed by atoms with Crippen molar-refractivity contribution in [1.82, 2.24) is 0 Å². The zero-order chi connectivity index (χ0) is 14.9. The molecule has 3 rings (SSSR count). The van der Waals surface area contributed by atoms with Crippen LogP contribution in [0.25, 0.3) is 11.0 Å². The van der Waals surface area contributed by atoms with Gasteiger partial charge in [-0.05, 0) is 43.2 Å². The van der Waals surface area contributed by atoms with Gasteiger partial charge in [0.25, 0.3) is 0 Å². The van der Waals surface area contributed by atoms with Gasteiger partial charge in [0, 0.05) is 5.39 Å². The first-order valence-electron chi connectivity index (χ1n) is 7.67. The molecule has 1 aromatic heterocycles. The van der Waals surface area contributed by atoms with Crippen LogP contribution in [-0.4, -0.2) is 18.5 Å². The molecular weight excluding hydrogens is 264 g/mol. The van der Waals surface area contributed by atoms with E-state index in [9.17, 15) is 4.79 Å². The highest BCUT2D eigenvalue weighted by molar-refractivity contribution is 5.98.